The summed E-state index contributed by atoms with van der Waals surface area (Å²) in [6.07, 6.45) is 3.23. The summed E-state index contributed by atoms with van der Waals surface area (Å²) in [6.45, 7) is 5.84. The average molecular weight is 502 g/mol. The smallest absolute Gasteiger partial charge is 0.274 e. The molecule has 4 rings (SSSR count). The molecule has 1 amide bonds. The third-order valence-corrected chi connectivity index (χ3v) is 7.81. The minimum atomic E-state index is -4.03. The van der Waals surface area contributed by atoms with Gasteiger partial charge in [-0.2, -0.15) is 0 Å². The first kappa shape index (κ1) is 23.7. The molecule has 0 bridgehead atoms. The lowest BCUT2D eigenvalue weighted by Crippen LogP contribution is -2.23. The number of primary sulfonamides is 1. The SMILES string of the molecule is CCNC(=O)c1cc2c(-c3sc(S(N)(=O)=O)cc3Oc3c(C)ccnc3C)cn(C)c(=O)c2[nH]1. The number of nitrogens with one attached hydrogen (secondary N) is 2. The first-order valence-electron chi connectivity index (χ1n) is 10.3. The van der Waals surface area contributed by atoms with Crippen molar-refractivity contribution in [3.63, 3.8) is 0 Å². The average Bonchev–Trinajstić information content (AvgIpc) is 3.39. The summed E-state index contributed by atoms with van der Waals surface area (Å²) >= 11 is 0.920. The highest BCUT2D eigenvalue weighted by molar-refractivity contribution is 7.91. The summed E-state index contributed by atoms with van der Waals surface area (Å²) in [6, 6.07) is 4.71. The maximum atomic E-state index is 12.8. The minimum absolute atomic E-state index is 0.0989. The highest BCUT2D eigenvalue weighted by Crippen LogP contribution is 2.45. The second kappa shape index (κ2) is 8.70. The van der Waals surface area contributed by atoms with Crippen molar-refractivity contribution in [2.45, 2.75) is 25.0 Å². The van der Waals surface area contributed by atoms with Gasteiger partial charge in [0.2, 0.25) is 10.0 Å². The molecule has 0 atom stereocenters. The van der Waals surface area contributed by atoms with Crippen LogP contribution in [0.4, 0.5) is 0 Å². The van der Waals surface area contributed by atoms with Crippen molar-refractivity contribution < 1.29 is 17.9 Å². The Balaban J connectivity index is 1.99. The molecule has 0 fully saturated rings. The fourth-order valence-corrected chi connectivity index (χ4v) is 5.42. The fourth-order valence-electron chi connectivity index (χ4n) is 3.59. The number of ether oxygens (including phenoxy) is 1. The Bertz CT molecular complexity index is 1580. The van der Waals surface area contributed by atoms with Crippen LogP contribution < -0.4 is 20.8 Å². The van der Waals surface area contributed by atoms with E-state index in [1.54, 1.807) is 45.4 Å². The van der Waals surface area contributed by atoms with Crippen LogP contribution in [0.15, 0.2) is 39.6 Å². The summed E-state index contributed by atoms with van der Waals surface area (Å²) in [4.78, 5) is 32.8. The first-order valence-corrected chi connectivity index (χ1v) is 12.6. The molecule has 0 saturated heterocycles. The van der Waals surface area contributed by atoms with E-state index in [0.29, 0.717) is 33.8 Å². The molecule has 0 aliphatic heterocycles. The van der Waals surface area contributed by atoms with Crippen LogP contribution in [-0.2, 0) is 17.1 Å². The third-order valence-electron chi connectivity index (χ3n) is 5.24. The van der Waals surface area contributed by atoms with E-state index in [9.17, 15) is 18.0 Å². The molecule has 4 aromatic rings. The van der Waals surface area contributed by atoms with E-state index >= 15 is 0 Å². The van der Waals surface area contributed by atoms with Gasteiger partial charge in [-0.3, -0.25) is 14.6 Å². The van der Waals surface area contributed by atoms with Gasteiger partial charge in [0.25, 0.3) is 11.5 Å². The predicted molar refractivity (Wildman–Crippen MR) is 130 cm³/mol. The van der Waals surface area contributed by atoms with Crippen molar-refractivity contribution >= 4 is 38.2 Å². The topological polar surface area (TPSA) is 149 Å². The van der Waals surface area contributed by atoms with Crippen LogP contribution in [0.2, 0.25) is 0 Å². The van der Waals surface area contributed by atoms with E-state index in [1.165, 1.54) is 10.6 Å². The normalized spacial score (nSPS) is 11.7. The molecule has 4 N–H and O–H groups in total. The van der Waals surface area contributed by atoms with Crippen molar-refractivity contribution in [1.29, 1.82) is 0 Å². The largest absolute Gasteiger partial charge is 0.454 e. The zero-order valence-electron chi connectivity index (χ0n) is 18.9. The summed E-state index contributed by atoms with van der Waals surface area (Å²) in [7, 11) is -2.46. The Morgan fingerprint density at radius 3 is 2.71 bits per heavy atom. The van der Waals surface area contributed by atoms with E-state index in [0.717, 1.165) is 16.9 Å². The van der Waals surface area contributed by atoms with E-state index < -0.39 is 10.0 Å². The number of H-pyrrole nitrogens is 1. The molecule has 0 aliphatic carbocycles. The van der Waals surface area contributed by atoms with Gasteiger partial charge >= 0.3 is 0 Å². The molecule has 0 aliphatic rings. The van der Waals surface area contributed by atoms with Crippen LogP contribution in [0.5, 0.6) is 11.5 Å². The van der Waals surface area contributed by atoms with Gasteiger partial charge < -0.3 is 19.6 Å². The molecule has 0 unspecified atom stereocenters. The maximum absolute atomic E-state index is 12.8. The van der Waals surface area contributed by atoms with Crippen LogP contribution in [0.3, 0.4) is 0 Å². The van der Waals surface area contributed by atoms with Gasteiger partial charge in [0.05, 0.1) is 10.6 Å². The highest BCUT2D eigenvalue weighted by Gasteiger charge is 2.24. The number of rotatable bonds is 6. The molecular formula is C22H23N5O5S2. The number of amides is 1. The number of thiophene rings is 1. The standard InChI is InChI=1S/C22H23N5O5S2/c1-5-24-21(28)15-8-13-14(10-27(4)22(29)18(13)26-15)20-16(9-17(33-20)34(23,30)31)32-19-11(2)6-7-25-12(19)3/h6-10,26H,5H2,1-4H3,(H,24,28)(H2,23,30,31). The van der Waals surface area contributed by atoms with Gasteiger partial charge in [0.15, 0.2) is 5.75 Å². The number of sulfonamides is 1. The number of aromatic nitrogens is 3. The van der Waals surface area contributed by atoms with Crippen molar-refractivity contribution in [3.8, 4) is 21.9 Å². The van der Waals surface area contributed by atoms with Crippen molar-refractivity contribution in [1.82, 2.24) is 19.9 Å². The zero-order valence-corrected chi connectivity index (χ0v) is 20.6. The molecule has 0 saturated carbocycles. The molecule has 12 heteroatoms. The van der Waals surface area contributed by atoms with Gasteiger partial charge in [0, 0.05) is 43.0 Å². The lowest BCUT2D eigenvalue weighted by atomic mass is 10.1. The molecule has 34 heavy (non-hydrogen) atoms. The van der Waals surface area contributed by atoms with Crippen LogP contribution in [-0.4, -0.2) is 35.4 Å². The molecule has 4 heterocycles. The first-order chi connectivity index (χ1) is 16.0. The molecule has 178 valence electrons. The van der Waals surface area contributed by atoms with Crippen LogP contribution in [0, 0.1) is 13.8 Å². The zero-order chi connectivity index (χ0) is 24.8. The number of fused-ring (bicyclic) bond motifs is 1. The van der Waals surface area contributed by atoms with Crippen LogP contribution in [0.25, 0.3) is 21.3 Å². The number of carbonyl (C=O) groups excluding carboxylic acids is 1. The Kier molecular flexibility index (Phi) is 6.06. The van der Waals surface area contributed by atoms with Crippen molar-refractivity contribution in [2.24, 2.45) is 12.2 Å². The summed E-state index contributed by atoms with van der Waals surface area (Å²) < 4.78 is 31.8. The number of hydrogen-bond donors (Lipinski definition) is 3. The predicted octanol–water partition coefficient (Wildman–Crippen LogP) is 2.80. The van der Waals surface area contributed by atoms with Gasteiger partial charge in [-0.25, -0.2) is 13.6 Å². The summed E-state index contributed by atoms with van der Waals surface area (Å²) in [5, 5.41) is 8.56. The van der Waals surface area contributed by atoms with E-state index in [2.05, 4.69) is 15.3 Å². The van der Waals surface area contributed by atoms with Gasteiger partial charge in [-0.05, 0) is 38.5 Å². The minimum Gasteiger partial charge on any atom is -0.454 e. The van der Waals surface area contributed by atoms with E-state index in [-0.39, 0.29) is 32.6 Å². The quantitative estimate of drug-likeness (QED) is 0.370. The van der Waals surface area contributed by atoms with E-state index in [1.807, 2.05) is 6.92 Å². The highest BCUT2D eigenvalue weighted by atomic mass is 32.2. The molecule has 4 aromatic heterocycles. The monoisotopic (exact) mass is 501 g/mol. The molecule has 0 radical (unpaired) electrons. The van der Waals surface area contributed by atoms with Crippen molar-refractivity contribution in [3.05, 3.63) is 57.9 Å². The number of hydrogen-bond acceptors (Lipinski definition) is 7. The van der Waals surface area contributed by atoms with E-state index in [4.69, 9.17) is 9.88 Å². The Labute approximate surface area is 199 Å². The van der Waals surface area contributed by atoms with Gasteiger partial charge in [-0.15, -0.1) is 11.3 Å². The Morgan fingerprint density at radius 2 is 2.06 bits per heavy atom. The third kappa shape index (κ3) is 4.22. The number of nitrogens with zero attached hydrogens (tertiary/aromatic N) is 2. The van der Waals surface area contributed by atoms with Crippen LogP contribution >= 0.6 is 11.3 Å². The summed E-state index contributed by atoms with van der Waals surface area (Å²) in [5.41, 5.74) is 2.04. The maximum Gasteiger partial charge on any atom is 0.274 e. The lowest BCUT2D eigenvalue weighted by molar-refractivity contribution is 0.0951. The lowest BCUT2D eigenvalue weighted by Gasteiger charge is -2.12. The number of aromatic amines is 1. The number of nitrogens with two attached hydrogens (primary N) is 1. The van der Waals surface area contributed by atoms with Crippen molar-refractivity contribution in [2.75, 3.05) is 6.54 Å². The second-order valence-corrected chi connectivity index (χ2v) is 10.6. The molecular weight excluding hydrogens is 478 g/mol. The second-order valence-electron chi connectivity index (χ2n) is 7.74. The summed E-state index contributed by atoms with van der Waals surface area (Å²) in [5.74, 6) is 0.371. The van der Waals surface area contributed by atoms with Crippen LogP contribution in [0.1, 0.15) is 28.7 Å². The Hall–Kier alpha value is -3.48. The van der Waals surface area contributed by atoms with Gasteiger partial charge in [0.1, 0.15) is 21.2 Å². The molecule has 0 aromatic carbocycles. The number of aryl methyl sites for hydroxylation is 3. The fraction of sp³-hybridized carbons (Fsp3) is 0.227. The molecule has 10 nitrogen and oxygen atoms in total. The number of carbonyl (C=O) groups is 1. The Morgan fingerprint density at radius 1 is 1.32 bits per heavy atom. The molecule has 0 spiro atoms. The number of pyridine rings is 2. The van der Waals surface area contributed by atoms with Gasteiger partial charge in [-0.1, -0.05) is 0 Å².